The Morgan fingerprint density at radius 2 is 2.00 bits per heavy atom. The van der Waals surface area contributed by atoms with Crippen molar-refractivity contribution in [2.75, 3.05) is 13.7 Å². The number of halogens is 2. The van der Waals surface area contributed by atoms with Crippen molar-refractivity contribution in [3.05, 3.63) is 74.5 Å². The predicted molar refractivity (Wildman–Crippen MR) is 116 cm³/mol. The molecule has 0 unspecified atom stereocenters. The molecular formula is C21H18Cl2N2O2S. The molecule has 0 atom stereocenters. The van der Waals surface area contributed by atoms with Crippen molar-refractivity contribution < 1.29 is 9.53 Å². The van der Waals surface area contributed by atoms with Crippen molar-refractivity contribution in [3.63, 3.8) is 0 Å². The van der Waals surface area contributed by atoms with Gasteiger partial charge in [0.1, 0.15) is 5.75 Å². The number of thiazole rings is 1. The van der Waals surface area contributed by atoms with Gasteiger partial charge < -0.3 is 10.1 Å². The first-order valence-corrected chi connectivity index (χ1v) is 10.2. The van der Waals surface area contributed by atoms with Crippen molar-refractivity contribution in [3.8, 4) is 17.0 Å². The van der Waals surface area contributed by atoms with Crippen LogP contribution in [-0.4, -0.2) is 24.5 Å². The van der Waals surface area contributed by atoms with E-state index in [2.05, 4.69) is 10.3 Å². The molecule has 1 amide bonds. The minimum atomic E-state index is -0.182. The molecule has 28 heavy (non-hydrogen) atoms. The molecule has 7 heteroatoms. The van der Waals surface area contributed by atoms with E-state index in [4.69, 9.17) is 27.9 Å². The summed E-state index contributed by atoms with van der Waals surface area (Å²) in [7, 11) is 1.64. The van der Waals surface area contributed by atoms with Crippen LogP contribution in [0.4, 0.5) is 0 Å². The smallest absolute Gasteiger partial charge is 0.244 e. The summed E-state index contributed by atoms with van der Waals surface area (Å²) in [5.74, 6) is 0.632. The summed E-state index contributed by atoms with van der Waals surface area (Å²) in [5.41, 5.74) is 2.70. The number of ether oxygens (including phenoxy) is 1. The molecule has 2 aromatic carbocycles. The summed E-state index contributed by atoms with van der Waals surface area (Å²) in [6, 6.07) is 12.9. The Bertz CT molecular complexity index is 984. The molecule has 0 fully saturated rings. The number of carbonyl (C=O) groups is 1. The summed E-state index contributed by atoms with van der Waals surface area (Å²) in [5, 5.41) is 6.90. The number of nitrogens with one attached hydrogen (secondary N) is 1. The number of hydrogen-bond acceptors (Lipinski definition) is 4. The van der Waals surface area contributed by atoms with Crippen molar-refractivity contribution in [2.24, 2.45) is 0 Å². The highest BCUT2D eigenvalue weighted by atomic mass is 35.5. The van der Waals surface area contributed by atoms with E-state index in [9.17, 15) is 4.79 Å². The monoisotopic (exact) mass is 432 g/mol. The lowest BCUT2D eigenvalue weighted by molar-refractivity contribution is -0.116. The lowest BCUT2D eigenvalue weighted by atomic mass is 10.2. The van der Waals surface area contributed by atoms with E-state index in [1.165, 1.54) is 6.08 Å². The second-order valence-corrected chi connectivity index (χ2v) is 7.68. The predicted octanol–water partition coefficient (Wildman–Crippen LogP) is 5.50. The highest BCUT2D eigenvalue weighted by molar-refractivity contribution is 7.09. The van der Waals surface area contributed by atoms with Gasteiger partial charge >= 0.3 is 0 Å². The van der Waals surface area contributed by atoms with Crippen LogP contribution < -0.4 is 10.1 Å². The summed E-state index contributed by atoms with van der Waals surface area (Å²) in [6.45, 7) is 0.507. The normalized spacial score (nSPS) is 11.0. The highest BCUT2D eigenvalue weighted by Crippen LogP contribution is 2.24. The number of benzene rings is 2. The van der Waals surface area contributed by atoms with Gasteiger partial charge in [0.25, 0.3) is 0 Å². The third kappa shape index (κ3) is 5.58. The lowest BCUT2D eigenvalue weighted by Crippen LogP contribution is -2.23. The Kier molecular flexibility index (Phi) is 7.09. The quantitative estimate of drug-likeness (QED) is 0.501. The second kappa shape index (κ2) is 9.73. The van der Waals surface area contributed by atoms with Crippen LogP contribution in [0.3, 0.4) is 0 Å². The molecule has 3 rings (SSSR count). The van der Waals surface area contributed by atoms with Gasteiger partial charge in [0.15, 0.2) is 0 Å². The highest BCUT2D eigenvalue weighted by Gasteiger charge is 2.06. The molecular weight excluding hydrogens is 415 g/mol. The van der Waals surface area contributed by atoms with Crippen LogP contribution in [0.2, 0.25) is 10.0 Å². The third-order valence-electron chi connectivity index (χ3n) is 3.95. The zero-order chi connectivity index (χ0) is 19.9. The number of rotatable bonds is 7. The van der Waals surface area contributed by atoms with Gasteiger partial charge in [-0.15, -0.1) is 11.3 Å². The van der Waals surface area contributed by atoms with E-state index < -0.39 is 0 Å². The Hall–Kier alpha value is -2.34. The number of methoxy groups -OCH3 is 1. The maximum atomic E-state index is 12.0. The molecule has 1 heterocycles. The molecule has 1 N–H and O–H groups in total. The standard InChI is InChI=1S/C21H18Cl2N2O2S/c1-27-17-7-3-15(4-8-17)19-13-28-21(25-19)10-11-24-20(26)9-5-14-2-6-16(22)12-18(14)23/h2-9,12-13H,10-11H2,1H3,(H,24,26)/b9-5+. The fourth-order valence-corrected chi connectivity index (χ4v) is 3.75. The van der Waals surface area contributed by atoms with Gasteiger partial charge in [-0.3, -0.25) is 4.79 Å². The molecule has 0 saturated carbocycles. The second-order valence-electron chi connectivity index (χ2n) is 5.90. The number of nitrogens with zero attached hydrogens (tertiary/aromatic N) is 1. The van der Waals surface area contributed by atoms with E-state index in [-0.39, 0.29) is 5.91 Å². The van der Waals surface area contributed by atoms with Crippen LogP contribution in [0.1, 0.15) is 10.6 Å². The zero-order valence-electron chi connectivity index (χ0n) is 15.1. The number of amides is 1. The number of carbonyl (C=O) groups excluding carboxylic acids is 1. The zero-order valence-corrected chi connectivity index (χ0v) is 17.4. The molecule has 0 aliphatic heterocycles. The largest absolute Gasteiger partial charge is 0.497 e. The van der Waals surface area contributed by atoms with Crippen LogP contribution in [0, 0.1) is 0 Å². The van der Waals surface area contributed by atoms with Gasteiger partial charge in [0.2, 0.25) is 5.91 Å². The van der Waals surface area contributed by atoms with Gasteiger partial charge in [-0.25, -0.2) is 4.98 Å². The average Bonchev–Trinajstić information content (AvgIpc) is 3.16. The minimum Gasteiger partial charge on any atom is -0.497 e. The third-order valence-corrected chi connectivity index (χ3v) is 5.42. The van der Waals surface area contributed by atoms with E-state index in [0.717, 1.165) is 27.6 Å². The molecule has 0 aliphatic rings. The summed E-state index contributed by atoms with van der Waals surface area (Å²) in [4.78, 5) is 16.6. The van der Waals surface area contributed by atoms with E-state index >= 15 is 0 Å². The molecule has 4 nitrogen and oxygen atoms in total. The molecule has 0 aliphatic carbocycles. The SMILES string of the molecule is COc1ccc(-c2csc(CCNC(=O)/C=C/c3ccc(Cl)cc3Cl)n2)cc1. The number of hydrogen-bond donors (Lipinski definition) is 1. The lowest BCUT2D eigenvalue weighted by Gasteiger charge is -2.02. The topological polar surface area (TPSA) is 51.2 Å². The summed E-state index contributed by atoms with van der Waals surface area (Å²) < 4.78 is 5.17. The van der Waals surface area contributed by atoms with Gasteiger partial charge in [-0.2, -0.15) is 0 Å². The fourth-order valence-electron chi connectivity index (χ4n) is 2.47. The molecule has 0 bridgehead atoms. The Labute approximate surface area is 177 Å². The summed E-state index contributed by atoms with van der Waals surface area (Å²) >= 11 is 13.5. The van der Waals surface area contributed by atoms with Crippen LogP contribution in [0.25, 0.3) is 17.3 Å². The Morgan fingerprint density at radius 3 is 2.71 bits per heavy atom. The van der Waals surface area contributed by atoms with Crippen LogP contribution >= 0.6 is 34.5 Å². The van der Waals surface area contributed by atoms with E-state index in [1.807, 2.05) is 29.6 Å². The first kappa shape index (κ1) is 20.4. The molecule has 144 valence electrons. The van der Waals surface area contributed by atoms with E-state index in [0.29, 0.717) is 23.0 Å². The average molecular weight is 433 g/mol. The maximum Gasteiger partial charge on any atom is 0.244 e. The van der Waals surface area contributed by atoms with E-state index in [1.54, 1.807) is 42.7 Å². The van der Waals surface area contributed by atoms with Crippen LogP contribution in [0.5, 0.6) is 5.75 Å². The van der Waals surface area contributed by atoms with Crippen molar-refractivity contribution in [1.29, 1.82) is 0 Å². The summed E-state index contributed by atoms with van der Waals surface area (Å²) in [6.07, 6.45) is 3.79. The minimum absolute atomic E-state index is 0.182. The Morgan fingerprint density at radius 1 is 1.21 bits per heavy atom. The van der Waals surface area contributed by atoms with Crippen molar-refractivity contribution >= 4 is 46.5 Å². The molecule has 0 radical (unpaired) electrons. The van der Waals surface area contributed by atoms with Gasteiger partial charge in [0.05, 0.1) is 17.8 Å². The fraction of sp³-hybridized carbons (Fsp3) is 0.143. The molecule has 3 aromatic rings. The molecule has 1 aromatic heterocycles. The van der Waals surface area contributed by atoms with Crippen molar-refractivity contribution in [2.45, 2.75) is 6.42 Å². The van der Waals surface area contributed by atoms with Gasteiger partial charge in [0, 0.05) is 40.0 Å². The molecule has 0 spiro atoms. The Balaban J connectivity index is 1.50. The van der Waals surface area contributed by atoms with Gasteiger partial charge in [-0.1, -0.05) is 29.3 Å². The van der Waals surface area contributed by atoms with Crippen LogP contribution in [0.15, 0.2) is 53.9 Å². The maximum absolute atomic E-state index is 12.0. The van der Waals surface area contributed by atoms with Crippen LogP contribution in [-0.2, 0) is 11.2 Å². The first-order chi connectivity index (χ1) is 13.5. The van der Waals surface area contributed by atoms with Gasteiger partial charge in [-0.05, 0) is 48.0 Å². The van der Waals surface area contributed by atoms with Crippen molar-refractivity contribution in [1.82, 2.24) is 10.3 Å². The first-order valence-electron chi connectivity index (χ1n) is 8.55. The molecule has 0 saturated heterocycles. The number of aromatic nitrogens is 1.